The second-order valence-corrected chi connectivity index (χ2v) is 6.68. The molecule has 0 bridgehead atoms. The van der Waals surface area contributed by atoms with Crippen LogP contribution in [0.1, 0.15) is 37.3 Å². The number of amides is 1. The number of rotatable bonds is 5. The molecule has 6 heteroatoms. The number of piperidine rings is 1. The van der Waals surface area contributed by atoms with Crippen molar-refractivity contribution in [2.45, 2.75) is 46.1 Å². The summed E-state index contributed by atoms with van der Waals surface area (Å²) in [7, 11) is 0. The van der Waals surface area contributed by atoms with Gasteiger partial charge in [-0.2, -0.15) is 5.10 Å². The summed E-state index contributed by atoms with van der Waals surface area (Å²) in [4.78, 5) is 20.6. The van der Waals surface area contributed by atoms with Crippen LogP contribution < -0.4 is 0 Å². The summed E-state index contributed by atoms with van der Waals surface area (Å²) in [5.74, 6) is 2.85. The fourth-order valence-corrected chi connectivity index (χ4v) is 3.68. The number of carbonyl (C=O) groups excluding carboxylic acids is 1. The molecule has 2 fully saturated rings. The van der Waals surface area contributed by atoms with E-state index in [0.29, 0.717) is 11.8 Å². The van der Waals surface area contributed by atoms with Gasteiger partial charge in [0.05, 0.1) is 0 Å². The van der Waals surface area contributed by atoms with E-state index in [9.17, 15) is 4.79 Å². The molecule has 2 aliphatic rings. The Morgan fingerprint density at radius 1 is 1.18 bits per heavy atom. The van der Waals surface area contributed by atoms with Crippen LogP contribution in [-0.2, 0) is 11.3 Å². The van der Waals surface area contributed by atoms with Gasteiger partial charge in [-0.3, -0.25) is 4.79 Å². The van der Waals surface area contributed by atoms with Gasteiger partial charge < -0.3 is 9.80 Å². The third-order valence-electron chi connectivity index (χ3n) is 4.85. The van der Waals surface area contributed by atoms with E-state index in [1.165, 1.54) is 12.8 Å². The molecule has 0 unspecified atom stereocenters. The number of aromatic nitrogens is 3. The maximum Gasteiger partial charge on any atom is 0.222 e. The van der Waals surface area contributed by atoms with Crippen LogP contribution in [-0.4, -0.2) is 63.2 Å². The summed E-state index contributed by atoms with van der Waals surface area (Å²) >= 11 is 0. The van der Waals surface area contributed by atoms with Crippen molar-refractivity contribution in [3.05, 3.63) is 11.6 Å². The molecule has 1 aromatic heterocycles. The largest absolute Gasteiger partial charge is 0.341 e. The van der Waals surface area contributed by atoms with Gasteiger partial charge in [-0.25, -0.2) is 9.67 Å². The Labute approximate surface area is 132 Å². The lowest BCUT2D eigenvalue weighted by molar-refractivity contribution is -0.127. The normalized spacial score (nSPS) is 23.5. The Morgan fingerprint density at radius 2 is 2.05 bits per heavy atom. The standard InChI is InChI=1S/C16H27N5O/c1-13-17-14(2)21(18-13)12-15-5-3-7-19(11-15)9-10-20-8-4-6-16(20)22/h15H,3-12H2,1-2H3/t15-/m0/s1. The van der Waals surface area contributed by atoms with E-state index < -0.39 is 0 Å². The highest BCUT2D eigenvalue weighted by Gasteiger charge is 2.24. The highest BCUT2D eigenvalue weighted by molar-refractivity contribution is 5.78. The SMILES string of the molecule is Cc1nc(C)n(C[C@H]2CCCN(CCN3CCCC3=O)C2)n1. The minimum atomic E-state index is 0.335. The second-order valence-electron chi connectivity index (χ2n) is 6.68. The minimum absolute atomic E-state index is 0.335. The predicted molar refractivity (Wildman–Crippen MR) is 84.5 cm³/mol. The van der Waals surface area contributed by atoms with Crippen molar-refractivity contribution in [2.24, 2.45) is 5.92 Å². The van der Waals surface area contributed by atoms with E-state index in [4.69, 9.17) is 0 Å². The summed E-state index contributed by atoms with van der Waals surface area (Å²) in [5.41, 5.74) is 0. The molecule has 2 saturated heterocycles. The number of likely N-dealkylation sites (tertiary alicyclic amines) is 2. The van der Waals surface area contributed by atoms with Crippen LogP contribution >= 0.6 is 0 Å². The molecule has 1 aromatic rings. The van der Waals surface area contributed by atoms with Gasteiger partial charge in [-0.1, -0.05) is 0 Å². The van der Waals surface area contributed by atoms with E-state index in [1.54, 1.807) is 0 Å². The topological polar surface area (TPSA) is 54.3 Å². The zero-order chi connectivity index (χ0) is 15.5. The molecule has 1 amide bonds. The Kier molecular flexibility index (Phi) is 4.76. The van der Waals surface area contributed by atoms with Gasteiger partial charge in [0.25, 0.3) is 0 Å². The van der Waals surface area contributed by atoms with E-state index in [-0.39, 0.29) is 0 Å². The molecule has 0 N–H and O–H groups in total. The molecule has 0 aromatic carbocycles. The first-order valence-corrected chi connectivity index (χ1v) is 8.50. The Morgan fingerprint density at radius 3 is 2.73 bits per heavy atom. The lowest BCUT2D eigenvalue weighted by Crippen LogP contribution is -2.42. The Balaban J connectivity index is 1.48. The molecule has 2 aliphatic heterocycles. The first-order valence-electron chi connectivity index (χ1n) is 8.50. The molecular weight excluding hydrogens is 278 g/mol. The van der Waals surface area contributed by atoms with Crippen LogP contribution in [0, 0.1) is 19.8 Å². The summed E-state index contributed by atoms with van der Waals surface area (Å²) in [6, 6.07) is 0. The molecule has 22 heavy (non-hydrogen) atoms. The first-order chi connectivity index (χ1) is 10.6. The van der Waals surface area contributed by atoms with Crippen molar-refractivity contribution in [1.29, 1.82) is 0 Å². The second kappa shape index (κ2) is 6.77. The summed E-state index contributed by atoms with van der Waals surface area (Å²) in [6.45, 7) is 10.1. The molecule has 0 saturated carbocycles. The number of hydrogen-bond acceptors (Lipinski definition) is 4. The number of hydrogen-bond donors (Lipinski definition) is 0. The molecular formula is C16H27N5O. The fourth-order valence-electron chi connectivity index (χ4n) is 3.68. The molecule has 0 spiro atoms. The van der Waals surface area contributed by atoms with Gasteiger partial charge in [0.15, 0.2) is 0 Å². The van der Waals surface area contributed by atoms with E-state index in [2.05, 4.69) is 15.0 Å². The van der Waals surface area contributed by atoms with Gasteiger partial charge in [0, 0.05) is 39.1 Å². The van der Waals surface area contributed by atoms with Crippen LogP contribution in [0.4, 0.5) is 0 Å². The summed E-state index contributed by atoms with van der Waals surface area (Å²) in [6.07, 6.45) is 4.28. The number of carbonyl (C=O) groups is 1. The maximum absolute atomic E-state index is 11.7. The third kappa shape index (κ3) is 3.66. The van der Waals surface area contributed by atoms with Crippen molar-refractivity contribution >= 4 is 5.91 Å². The van der Waals surface area contributed by atoms with Crippen LogP contribution in [0.25, 0.3) is 0 Å². The number of aryl methyl sites for hydroxylation is 2. The molecule has 0 aliphatic carbocycles. The van der Waals surface area contributed by atoms with E-state index in [0.717, 1.165) is 63.8 Å². The van der Waals surface area contributed by atoms with Crippen LogP contribution in [0.2, 0.25) is 0 Å². The maximum atomic E-state index is 11.7. The average Bonchev–Trinajstić information content (AvgIpc) is 3.03. The van der Waals surface area contributed by atoms with Crippen molar-refractivity contribution in [3.63, 3.8) is 0 Å². The van der Waals surface area contributed by atoms with Crippen LogP contribution in [0.15, 0.2) is 0 Å². The molecule has 1 atom stereocenters. The summed E-state index contributed by atoms with van der Waals surface area (Å²) in [5, 5.41) is 4.48. The molecule has 6 nitrogen and oxygen atoms in total. The average molecular weight is 305 g/mol. The molecule has 3 heterocycles. The molecule has 122 valence electrons. The minimum Gasteiger partial charge on any atom is -0.341 e. The van der Waals surface area contributed by atoms with Gasteiger partial charge in [0.2, 0.25) is 5.91 Å². The highest BCUT2D eigenvalue weighted by Crippen LogP contribution is 2.19. The van der Waals surface area contributed by atoms with Gasteiger partial charge in [-0.15, -0.1) is 0 Å². The third-order valence-corrected chi connectivity index (χ3v) is 4.85. The van der Waals surface area contributed by atoms with E-state index >= 15 is 0 Å². The lowest BCUT2D eigenvalue weighted by Gasteiger charge is -2.33. The quantitative estimate of drug-likeness (QED) is 0.821. The fraction of sp³-hybridized carbons (Fsp3) is 0.812. The van der Waals surface area contributed by atoms with Crippen LogP contribution in [0.5, 0.6) is 0 Å². The predicted octanol–water partition coefficient (Wildman–Crippen LogP) is 1.23. The van der Waals surface area contributed by atoms with Crippen molar-refractivity contribution in [3.8, 4) is 0 Å². The van der Waals surface area contributed by atoms with Gasteiger partial charge in [-0.05, 0) is 45.6 Å². The van der Waals surface area contributed by atoms with Crippen molar-refractivity contribution in [1.82, 2.24) is 24.6 Å². The smallest absolute Gasteiger partial charge is 0.222 e. The monoisotopic (exact) mass is 305 g/mol. The highest BCUT2D eigenvalue weighted by atomic mass is 16.2. The van der Waals surface area contributed by atoms with Crippen molar-refractivity contribution in [2.75, 3.05) is 32.7 Å². The first kappa shape index (κ1) is 15.5. The Hall–Kier alpha value is -1.43. The zero-order valence-corrected chi connectivity index (χ0v) is 13.8. The van der Waals surface area contributed by atoms with Gasteiger partial charge in [0.1, 0.15) is 11.6 Å². The molecule has 0 radical (unpaired) electrons. The molecule has 3 rings (SSSR count). The lowest BCUT2D eigenvalue weighted by atomic mass is 9.98. The van der Waals surface area contributed by atoms with Gasteiger partial charge >= 0.3 is 0 Å². The number of nitrogens with zero attached hydrogens (tertiary/aromatic N) is 5. The Bertz CT molecular complexity index is 527. The van der Waals surface area contributed by atoms with Crippen LogP contribution in [0.3, 0.4) is 0 Å². The zero-order valence-electron chi connectivity index (χ0n) is 13.8. The van der Waals surface area contributed by atoms with E-state index in [1.807, 2.05) is 23.4 Å². The summed E-state index contributed by atoms with van der Waals surface area (Å²) < 4.78 is 2.05. The van der Waals surface area contributed by atoms with Crippen molar-refractivity contribution < 1.29 is 4.79 Å².